The summed E-state index contributed by atoms with van der Waals surface area (Å²) in [5.74, 6) is 0.526. The van der Waals surface area contributed by atoms with Gasteiger partial charge in [0.15, 0.2) is 5.58 Å². The van der Waals surface area contributed by atoms with Crippen molar-refractivity contribution in [2.24, 2.45) is 0 Å². The molecule has 2 aromatic carbocycles. The minimum Gasteiger partial charge on any atom is -0.494 e. The van der Waals surface area contributed by atoms with Crippen LogP contribution >= 0.6 is 0 Å². The van der Waals surface area contributed by atoms with E-state index in [0.29, 0.717) is 11.6 Å². The van der Waals surface area contributed by atoms with Crippen molar-refractivity contribution in [3.8, 4) is 5.75 Å². The van der Waals surface area contributed by atoms with Crippen LogP contribution in [-0.2, 0) is 0 Å². The summed E-state index contributed by atoms with van der Waals surface area (Å²) in [4.78, 5) is 14.0. The summed E-state index contributed by atoms with van der Waals surface area (Å²) in [5.41, 5.74) is 3.83. The lowest BCUT2D eigenvalue weighted by Gasteiger charge is -2.23. The molecule has 0 amide bonds. The van der Waals surface area contributed by atoms with Crippen molar-refractivity contribution in [3.63, 3.8) is 0 Å². The number of oxazole rings is 1. The molecule has 0 radical (unpaired) electrons. The van der Waals surface area contributed by atoms with Gasteiger partial charge in [-0.2, -0.15) is 0 Å². The maximum Gasteiger partial charge on any atom is 0.417 e. The van der Waals surface area contributed by atoms with Crippen molar-refractivity contribution < 1.29 is 9.15 Å². The number of para-hydroxylation sites is 1. The highest BCUT2D eigenvalue weighted by atomic mass is 16.5. The van der Waals surface area contributed by atoms with Crippen LogP contribution in [-0.4, -0.2) is 24.2 Å². The molecular formula is C22H24N2O3. The number of H-pyrrole nitrogens is 1. The summed E-state index contributed by atoms with van der Waals surface area (Å²) in [6.45, 7) is 1.69. The van der Waals surface area contributed by atoms with Crippen LogP contribution in [0.1, 0.15) is 31.2 Å². The van der Waals surface area contributed by atoms with Crippen LogP contribution in [0.5, 0.6) is 5.75 Å². The molecule has 3 aromatic rings. The lowest BCUT2D eigenvalue weighted by Crippen LogP contribution is -2.31. The van der Waals surface area contributed by atoms with Crippen molar-refractivity contribution in [2.75, 3.05) is 13.2 Å². The van der Waals surface area contributed by atoms with Gasteiger partial charge in [-0.15, -0.1) is 0 Å². The van der Waals surface area contributed by atoms with E-state index in [0.717, 1.165) is 55.7 Å². The predicted molar refractivity (Wildman–Crippen MR) is 107 cm³/mol. The van der Waals surface area contributed by atoms with Gasteiger partial charge in [-0.05, 0) is 67.6 Å². The van der Waals surface area contributed by atoms with Crippen molar-refractivity contribution in [1.29, 1.82) is 0 Å². The predicted octanol–water partition coefficient (Wildman–Crippen LogP) is 4.12. The molecule has 1 aliphatic rings. The molecule has 1 atom stereocenters. The third-order valence-electron chi connectivity index (χ3n) is 4.97. The number of nitrogens with one attached hydrogen (secondary N) is 2. The van der Waals surface area contributed by atoms with Gasteiger partial charge in [0.25, 0.3) is 0 Å². The molecule has 140 valence electrons. The summed E-state index contributed by atoms with van der Waals surface area (Å²) in [7, 11) is 0. The Labute approximate surface area is 158 Å². The first-order valence-corrected chi connectivity index (χ1v) is 9.51. The minimum atomic E-state index is -0.403. The van der Waals surface area contributed by atoms with E-state index < -0.39 is 5.76 Å². The van der Waals surface area contributed by atoms with Crippen LogP contribution in [0.3, 0.4) is 0 Å². The Hall–Kier alpha value is -2.79. The standard InChI is InChI=1S/C22H24N2O3/c25-22-24-20-12-9-17(15-21(20)27-22)16-7-10-18(11-8-16)23-13-4-14-26-19-5-2-1-3-6-19/h1-3,5-7,9,12,15,18,23H,4,8,10-11,13-14H2,(H,24,25). The quantitative estimate of drug-likeness (QED) is 0.619. The molecule has 1 aromatic heterocycles. The Morgan fingerprint density at radius 3 is 2.89 bits per heavy atom. The van der Waals surface area contributed by atoms with Gasteiger partial charge >= 0.3 is 5.76 Å². The molecule has 0 aliphatic heterocycles. The average molecular weight is 364 g/mol. The number of aromatic amines is 1. The third kappa shape index (κ3) is 4.49. The molecule has 1 aliphatic carbocycles. The number of aromatic nitrogens is 1. The summed E-state index contributed by atoms with van der Waals surface area (Å²) in [5, 5.41) is 3.62. The van der Waals surface area contributed by atoms with Gasteiger partial charge in [-0.3, -0.25) is 4.98 Å². The van der Waals surface area contributed by atoms with Gasteiger partial charge in [0.05, 0.1) is 12.1 Å². The van der Waals surface area contributed by atoms with E-state index in [9.17, 15) is 4.79 Å². The van der Waals surface area contributed by atoms with Gasteiger partial charge in [0.2, 0.25) is 0 Å². The highest BCUT2D eigenvalue weighted by Gasteiger charge is 2.15. The molecule has 27 heavy (non-hydrogen) atoms. The molecule has 4 rings (SSSR count). The Morgan fingerprint density at radius 1 is 1.19 bits per heavy atom. The number of benzene rings is 2. The van der Waals surface area contributed by atoms with E-state index in [2.05, 4.69) is 16.4 Å². The Balaban J connectivity index is 1.23. The molecule has 2 N–H and O–H groups in total. The van der Waals surface area contributed by atoms with E-state index in [-0.39, 0.29) is 0 Å². The number of ether oxygens (including phenoxy) is 1. The van der Waals surface area contributed by atoms with E-state index >= 15 is 0 Å². The highest BCUT2D eigenvalue weighted by molar-refractivity contribution is 5.79. The summed E-state index contributed by atoms with van der Waals surface area (Å²) in [6, 6.07) is 16.4. The smallest absolute Gasteiger partial charge is 0.417 e. The number of rotatable bonds is 7. The second-order valence-corrected chi connectivity index (χ2v) is 6.90. The molecule has 5 heteroatoms. The third-order valence-corrected chi connectivity index (χ3v) is 4.97. The van der Waals surface area contributed by atoms with E-state index in [1.165, 1.54) is 5.57 Å². The summed E-state index contributed by atoms with van der Waals surface area (Å²) >= 11 is 0. The zero-order valence-electron chi connectivity index (χ0n) is 15.2. The Morgan fingerprint density at radius 2 is 2.07 bits per heavy atom. The first-order chi connectivity index (χ1) is 13.3. The molecule has 5 nitrogen and oxygen atoms in total. The van der Waals surface area contributed by atoms with E-state index in [1.54, 1.807) is 0 Å². The van der Waals surface area contributed by atoms with Gasteiger partial charge in [-0.25, -0.2) is 4.79 Å². The zero-order chi connectivity index (χ0) is 18.5. The molecule has 0 fully saturated rings. The molecule has 0 saturated heterocycles. The summed E-state index contributed by atoms with van der Waals surface area (Å²) in [6.07, 6.45) is 6.45. The number of fused-ring (bicyclic) bond motifs is 1. The topological polar surface area (TPSA) is 67.3 Å². The Bertz CT molecular complexity index is 972. The SMILES string of the molecule is O=c1[nH]c2ccc(C3=CCC(NCCCOc4ccccc4)CC3)cc2o1. The largest absolute Gasteiger partial charge is 0.494 e. The second kappa shape index (κ2) is 8.27. The minimum absolute atomic E-state index is 0.403. The van der Waals surface area contributed by atoms with Crippen molar-refractivity contribution in [1.82, 2.24) is 10.3 Å². The van der Waals surface area contributed by atoms with E-state index in [4.69, 9.17) is 9.15 Å². The fourth-order valence-electron chi connectivity index (χ4n) is 3.51. The fraction of sp³-hybridized carbons (Fsp3) is 0.318. The second-order valence-electron chi connectivity index (χ2n) is 6.90. The number of hydrogen-bond acceptors (Lipinski definition) is 4. The molecule has 0 saturated carbocycles. The van der Waals surface area contributed by atoms with Gasteiger partial charge < -0.3 is 14.5 Å². The normalized spacial score (nSPS) is 17.0. The van der Waals surface area contributed by atoms with Gasteiger partial charge in [-0.1, -0.05) is 30.3 Å². The molecule has 0 spiro atoms. The van der Waals surface area contributed by atoms with Gasteiger partial charge in [0, 0.05) is 6.04 Å². The monoisotopic (exact) mass is 364 g/mol. The van der Waals surface area contributed by atoms with Gasteiger partial charge in [0.1, 0.15) is 5.75 Å². The molecular weight excluding hydrogens is 340 g/mol. The lowest BCUT2D eigenvalue weighted by atomic mass is 9.90. The number of allylic oxidation sites excluding steroid dienone is 1. The zero-order valence-corrected chi connectivity index (χ0v) is 15.2. The van der Waals surface area contributed by atoms with Crippen LogP contribution in [0.15, 0.2) is 63.8 Å². The number of hydrogen-bond donors (Lipinski definition) is 2. The van der Waals surface area contributed by atoms with E-state index in [1.807, 2.05) is 48.5 Å². The highest BCUT2D eigenvalue weighted by Crippen LogP contribution is 2.28. The molecule has 0 bridgehead atoms. The van der Waals surface area contributed by atoms with Crippen molar-refractivity contribution in [3.05, 3.63) is 70.7 Å². The molecule has 1 unspecified atom stereocenters. The molecule has 1 heterocycles. The maximum absolute atomic E-state index is 11.3. The summed E-state index contributed by atoms with van der Waals surface area (Å²) < 4.78 is 10.9. The van der Waals surface area contributed by atoms with Crippen LogP contribution in [0.2, 0.25) is 0 Å². The van der Waals surface area contributed by atoms with Crippen LogP contribution in [0.4, 0.5) is 0 Å². The Kier molecular flexibility index (Phi) is 5.39. The first kappa shape index (κ1) is 17.6. The van der Waals surface area contributed by atoms with Crippen molar-refractivity contribution in [2.45, 2.75) is 31.7 Å². The van der Waals surface area contributed by atoms with Crippen molar-refractivity contribution >= 4 is 16.7 Å². The lowest BCUT2D eigenvalue weighted by molar-refractivity contribution is 0.303. The fourth-order valence-corrected chi connectivity index (χ4v) is 3.51. The first-order valence-electron chi connectivity index (χ1n) is 9.51. The average Bonchev–Trinajstić information content (AvgIpc) is 3.08. The maximum atomic E-state index is 11.3. The van der Waals surface area contributed by atoms with Crippen LogP contribution < -0.4 is 15.8 Å². The van der Waals surface area contributed by atoms with Crippen LogP contribution in [0.25, 0.3) is 16.7 Å². The van der Waals surface area contributed by atoms with Crippen LogP contribution in [0, 0.1) is 0 Å².